The molecule has 0 aliphatic carbocycles. The maximum Gasteiger partial charge on any atom is 0.270 e. The summed E-state index contributed by atoms with van der Waals surface area (Å²) in [6, 6.07) is 19.5. The molecule has 9 heteroatoms. The molecule has 2 heterocycles. The summed E-state index contributed by atoms with van der Waals surface area (Å²) in [5.74, 6) is 0.377. The Balaban J connectivity index is 1.74. The first-order valence-corrected chi connectivity index (χ1v) is 14.4. The van der Waals surface area contributed by atoms with Crippen LogP contribution in [0.2, 0.25) is 5.02 Å². The monoisotopic (exact) mass is 576 g/mol. The number of amides is 1. The molecular weight excluding hydrogens is 548 g/mol. The molecule has 0 unspecified atom stereocenters. The van der Waals surface area contributed by atoms with E-state index in [-0.39, 0.29) is 17.0 Å². The zero-order valence-corrected chi connectivity index (χ0v) is 24.3. The van der Waals surface area contributed by atoms with Crippen molar-refractivity contribution in [2.75, 3.05) is 11.9 Å². The fourth-order valence-corrected chi connectivity index (χ4v) is 5.91. The molecule has 1 N–H and O–H groups in total. The molecular formula is C30H29ClN4O2S2. The fourth-order valence-electron chi connectivity index (χ4n) is 4.41. The highest BCUT2D eigenvalue weighted by atomic mass is 35.5. The summed E-state index contributed by atoms with van der Waals surface area (Å²) >= 11 is 13.2. The average Bonchev–Trinajstić information content (AvgIpc) is 3.20. The zero-order chi connectivity index (χ0) is 27.9. The quantitative estimate of drug-likeness (QED) is 0.218. The number of hydrogen-bond donors (Lipinski definition) is 1. The number of nitrogens with one attached hydrogen (secondary N) is 1. The molecule has 39 heavy (non-hydrogen) atoms. The Hall–Kier alpha value is -3.38. The van der Waals surface area contributed by atoms with Gasteiger partial charge in [-0.15, -0.1) is 0 Å². The largest absolute Gasteiger partial charge is 0.367 e. The molecule has 1 amide bonds. The normalized spacial score (nSPS) is 14.2. The number of carbonyl (C=O) groups excluding carboxylic acids is 1. The number of unbranched alkanes of at least 4 members (excludes halogenated alkanes) is 1. The van der Waals surface area contributed by atoms with Crippen LogP contribution in [0, 0.1) is 18.3 Å². The molecule has 1 saturated heterocycles. The lowest BCUT2D eigenvalue weighted by atomic mass is 10.0. The number of anilines is 1. The van der Waals surface area contributed by atoms with Crippen LogP contribution in [0.1, 0.15) is 47.6 Å². The van der Waals surface area contributed by atoms with Crippen LogP contribution >= 0.6 is 35.6 Å². The number of pyridine rings is 1. The van der Waals surface area contributed by atoms with Crippen molar-refractivity contribution in [3.63, 3.8) is 0 Å². The molecule has 0 atom stereocenters. The summed E-state index contributed by atoms with van der Waals surface area (Å²) < 4.78 is 2.10. The van der Waals surface area contributed by atoms with Gasteiger partial charge in [0.15, 0.2) is 0 Å². The van der Waals surface area contributed by atoms with E-state index in [1.807, 2.05) is 61.5 Å². The standard InChI is InChI=1S/C30H29ClN4O2S2/c1-3-4-15-34-27(33-19-22-12-8-9-13-25(22)31)23(20(2)24(18-32)28(34)36)17-26-29(37)35(30(38)39-26)16-14-21-10-6-5-7-11-21/h5-13,17,33H,3-4,14-16,19H2,1-2H3/b26-17+. The van der Waals surface area contributed by atoms with E-state index in [2.05, 4.69) is 11.4 Å². The smallest absolute Gasteiger partial charge is 0.270 e. The molecule has 0 spiro atoms. The third kappa shape index (κ3) is 6.44. The molecule has 1 fully saturated rings. The van der Waals surface area contributed by atoms with Gasteiger partial charge < -0.3 is 5.32 Å². The van der Waals surface area contributed by atoms with Crippen molar-refractivity contribution in [1.82, 2.24) is 9.47 Å². The second kappa shape index (κ2) is 13.1. The van der Waals surface area contributed by atoms with Gasteiger partial charge in [-0.25, -0.2) is 0 Å². The predicted octanol–water partition coefficient (Wildman–Crippen LogP) is 6.54. The van der Waals surface area contributed by atoms with Crippen LogP contribution in [0.3, 0.4) is 0 Å². The molecule has 6 nitrogen and oxygen atoms in total. The van der Waals surface area contributed by atoms with Crippen molar-refractivity contribution in [1.29, 1.82) is 5.26 Å². The number of rotatable bonds is 10. The minimum absolute atomic E-state index is 0.0696. The van der Waals surface area contributed by atoms with Crippen LogP contribution in [0.25, 0.3) is 6.08 Å². The zero-order valence-electron chi connectivity index (χ0n) is 21.9. The van der Waals surface area contributed by atoms with Crippen molar-refractivity contribution < 1.29 is 4.79 Å². The predicted molar refractivity (Wildman–Crippen MR) is 164 cm³/mol. The molecule has 1 aliphatic heterocycles. The van der Waals surface area contributed by atoms with E-state index in [0.717, 1.165) is 24.0 Å². The Morgan fingerprint density at radius 3 is 2.51 bits per heavy atom. The van der Waals surface area contributed by atoms with E-state index in [1.165, 1.54) is 11.8 Å². The number of thioether (sulfide) groups is 1. The Morgan fingerprint density at radius 2 is 1.82 bits per heavy atom. The van der Waals surface area contributed by atoms with Crippen LogP contribution in [0.4, 0.5) is 5.82 Å². The van der Waals surface area contributed by atoms with E-state index in [0.29, 0.717) is 57.2 Å². The number of aromatic nitrogens is 1. The van der Waals surface area contributed by atoms with Crippen LogP contribution in [-0.4, -0.2) is 26.2 Å². The summed E-state index contributed by atoms with van der Waals surface area (Å²) in [6.45, 7) is 5.07. The SMILES string of the molecule is CCCCn1c(NCc2ccccc2Cl)c(/C=C2/SC(=S)N(CCc3ccccc3)C2=O)c(C)c(C#N)c1=O. The minimum atomic E-state index is -0.349. The second-order valence-corrected chi connectivity index (χ2v) is 11.3. The van der Waals surface area contributed by atoms with Gasteiger partial charge in [-0.05, 0) is 48.6 Å². The molecule has 1 aromatic heterocycles. The Morgan fingerprint density at radius 1 is 1.10 bits per heavy atom. The van der Waals surface area contributed by atoms with Crippen molar-refractivity contribution in [2.24, 2.45) is 0 Å². The summed E-state index contributed by atoms with van der Waals surface area (Å²) in [7, 11) is 0. The van der Waals surface area contributed by atoms with Gasteiger partial charge in [-0.1, -0.05) is 97.5 Å². The number of thiocarbonyl (C=S) groups is 1. The highest BCUT2D eigenvalue weighted by molar-refractivity contribution is 8.26. The van der Waals surface area contributed by atoms with E-state index in [1.54, 1.807) is 22.5 Å². The number of nitriles is 1. The van der Waals surface area contributed by atoms with Crippen molar-refractivity contribution >= 4 is 57.7 Å². The fraction of sp³-hybridized carbons (Fsp3) is 0.267. The summed E-state index contributed by atoms with van der Waals surface area (Å²) in [5.41, 5.74) is 2.86. The van der Waals surface area contributed by atoms with Crippen molar-refractivity contribution in [3.05, 3.63) is 103 Å². The van der Waals surface area contributed by atoms with Crippen LogP contribution in [0.15, 0.2) is 64.3 Å². The maximum atomic E-state index is 13.4. The summed E-state index contributed by atoms with van der Waals surface area (Å²) in [5, 5.41) is 13.9. The first-order valence-electron chi connectivity index (χ1n) is 12.8. The minimum Gasteiger partial charge on any atom is -0.367 e. The topological polar surface area (TPSA) is 78.1 Å². The lowest BCUT2D eigenvalue weighted by Crippen LogP contribution is -2.30. The summed E-state index contributed by atoms with van der Waals surface area (Å²) in [4.78, 5) is 28.9. The van der Waals surface area contributed by atoms with Gasteiger partial charge in [0.05, 0.1) is 4.91 Å². The van der Waals surface area contributed by atoms with Gasteiger partial charge in [0.25, 0.3) is 11.5 Å². The number of benzene rings is 2. The molecule has 3 aromatic rings. The van der Waals surface area contributed by atoms with Gasteiger partial charge in [-0.2, -0.15) is 5.26 Å². The van der Waals surface area contributed by atoms with Crippen LogP contribution in [0.5, 0.6) is 0 Å². The van der Waals surface area contributed by atoms with Crippen LogP contribution in [-0.2, 0) is 24.3 Å². The second-order valence-electron chi connectivity index (χ2n) is 9.20. The maximum absolute atomic E-state index is 13.4. The third-order valence-electron chi connectivity index (χ3n) is 6.63. The van der Waals surface area contributed by atoms with E-state index < -0.39 is 0 Å². The lowest BCUT2D eigenvalue weighted by Gasteiger charge is -2.20. The average molecular weight is 577 g/mol. The van der Waals surface area contributed by atoms with Gasteiger partial charge >= 0.3 is 0 Å². The number of carbonyl (C=O) groups is 1. The van der Waals surface area contributed by atoms with Gasteiger partial charge in [0, 0.05) is 30.2 Å². The molecule has 2 aromatic carbocycles. The van der Waals surface area contributed by atoms with Gasteiger partial charge in [0.2, 0.25) is 0 Å². The van der Waals surface area contributed by atoms with Crippen molar-refractivity contribution in [2.45, 2.75) is 46.2 Å². The molecule has 4 rings (SSSR count). The number of hydrogen-bond acceptors (Lipinski definition) is 6. The first-order chi connectivity index (χ1) is 18.8. The molecule has 0 saturated carbocycles. The summed E-state index contributed by atoms with van der Waals surface area (Å²) in [6.07, 6.45) is 4.08. The highest BCUT2D eigenvalue weighted by Crippen LogP contribution is 2.35. The third-order valence-corrected chi connectivity index (χ3v) is 8.38. The highest BCUT2D eigenvalue weighted by Gasteiger charge is 2.32. The van der Waals surface area contributed by atoms with Crippen LogP contribution < -0.4 is 10.9 Å². The lowest BCUT2D eigenvalue weighted by molar-refractivity contribution is -0.122. The van der Waals surface area contributed by atoms with Gasteiger partial charge in [0.1, 0.15) is 21.8 Å². The van der Waals surface area contributed by atoms with E-state index in [4.69, 9.17) is 23.8 Å². The van der Waals surface area contributed by atoms with E-state index in [9.17, 15) is 14.9 Å². The Kier molecular flexibility index (Phi) is 9.63. The number of nitrogens with zero attached hydrogens (tertiary/aromatic N) is 3. The molecule has 0 bridgehead atoms. The first kappa shape index (κ1) is 28.6. The molecule has 0 radical (unpaired) electrons. The van der Waals surface area contributed by atoms with Crippen molar-refractivity contribution in [3.8, 4) is 6.07 Å². The molecule has 1 aliphatic rings. The Bertz CT molecular complexity index is 1530. The van der Waals surface area contributed by atoms with E-state index >= 15 is 0 Å². The molecule has 200 valence electrons. The Labute approximate surface area is 243 Å². The number of halogens is 1. The van der Waals surface area contributed by atoms with Gasteiger partial charge in [-0.3, -0.25) is 19.1 Å².